The third-order valence-electron chi connectivity index (χ3n) is 8.41. The fraction of sp³-hybridized carbons (Fsp3) is 0.0526. The topological polar surface area (TPSA) is 82.1 Å². The number of aryl methyl sites for hydroxylation is 1. The lowest BCUT2D eigenvalue weighted by Crippen LogP contribution is -2.05. The molecule has 0 bridgehead atoms. The lowest BCUT2D eigenvalue weighted by molar-refractivity contribution is -0.137. The molecule has 11 heteroatoms. The summed E-state index contributed by atoms with van der Waals surface area (Å²) in [5.74, 6) is -1.57. The van der Waals surface area contributed by atoms with E-state index in [1.165, 1.54) is 24.3 Å². The van der Waals surface area contributed by atoms with Crippen LogP contribution in [0.15, 0.2) is 84.2 Å². The van der Waals surface area contributed by atoms with Gasteiger partial charge in [0.1, 0.15) is 11.6 Å². The Bertz CT molecular complexity index is 2540. The highest BCUT2D eigenvalue weighted by molar-refractivity contribution is 6.07. The van der Waals surface area contributed by atoms with Crippen molar-refractivity contribution in [3.8, 4) is 56.9 Å². The molecule has 0 radical (unpaired) electrons. The smallest absolute Gasteiger partial charge is 0.245 e. The molecule has 1 heterocycles. The second kappa shape index (κ2) is 11.1. The Labute approximate surface area is 275 Å². The number of nitriles is 2. The van der Waals surface area contributed by atoms with Gasteiger partial charge in [0.15, 0.2) is 0 Å². The molecule has 232 valence electrons. The van der Waals surface area contributed by atoms with Crippen LogP contribution in [0.4, 0.5) is 22.0 Å². The van der Waals surface area contributed by atoms with E-state index in [0.717, 1.165) is 17.7 Å². The summed E-state index contributed by atoms with van der Waals surface area (Å²) in [6.07, 6.45) is -4.74. The highest BCUT2D eigenvalue weighted by Crippen LogP contribution is 2.51. The van der Waals surface area contributed by atoms with Crippen molar-refractivity contribution >= 4 is 11.1 Å². The van der Waals surface area contributed by atoms with Crippen LogP contribution in [0.1, 0.15) is 33.6 Å². The highest BCUT2D eigenvalue weighted by Gasteiger charge is 2.37. The maximum Gasteiger partial charge on any atom is 0.416 e. The van der Waals surface area contributed by atoms with Gasteiger partial charge in [0, 0.05) is 33.4 Å². The van der Waals surface area contributed by atoms with Crippen LogP contribution in [0.5, 0.6) is 0 Å². The van der Waals surface area contributed by atoms with Crippen molar-refractivity contribution in [2.24, 2.45) is 0 Å². The first-order chi connectivity index (χ1) is 23.5. The lowest BCUT2D eigenvalue weighted by atomic mass is 9.96. The quantitative estimate of drug-likeness (QED) is 0.106. The fourth-order valence-corrected chi connectivity index (χ4v) is 6.20. The van der Waals surface area contributed by atoms with Gasteiger partial charge in [-0.05, 0) is 65.1 Å². The number of hydrogen-bond acceptors (Lipinski definition) is 4. The lowest BCUT2D eigenvalue weighted by Gasteiger charge is -2.11. The molecule has 6 nitrogen and oxygen atoms in total. The summed E-state index contributed by atoms with van der Waals surface area (Å²) < 4.78 is 69.6. The molecule has 5 aromatic rings. The summed E-state index contributed by atoms with van der Waals surface area (Å²) in [5, 5.41) is 19.9. The van der Waals surface area contributed by atoms with E-state index in [2.05, 4.69) is 9.69 Å². The van der Waals surface area contributed by atoms with Crippen molar-refractivity contribution in [1.29, 1.82) is 10.5 Å². The van der Waals surface area contributed by atoms with Crippen LogP contribution in [0, 0.1) is 54.4 Å². The van der Waals surface area contributed by atoms with E-state index in [1.807, 2.05) is 12.1 Å². The van der Waals surface area contributed by atoms with Crippen LogP contribution in [-0.2, 0) is 6.18 Å². The largest absolute Gasteiger partial charge is 0.416 e. The van der Waals surface area contributed by atoms with Crippen molar-refractivity contribution in [1.82, 2.24) is 9.97 Å². The number of hydrogen-bond donors (Lipinski definition) is 0. The van der Waals surface area contributed by atoms with Crippen LogP contribution in [-0.4, -0.2) is 9.97 Å². The number of halogens is 5. The SMILES string of the molecule is [C-]#[N+]/C(C#N)=C1/c2cc(-c3ccc(C(F)(F)F)cc3F)ccc2-c2nc3c(nc21)-c1ccc(-c2ccc(C)cc2F)cc1/C3=C(/C#N)[N+]#[C-]. The molecule has 0 atom stereocenters. The molecule has 0 unspecified atom stereocenters. The molecular weight excluding hydrogens is 635 g/mol. The molecule has 4 aromatic carbocycles. The average molecular weight is 651 g/mol. The van der Waals surface area contributed by atoms with Gasteiger partial charge in [-0.3, -0.25) is 0 Å². The van der Waals surface area contributed by atoms with Gasteiger partial charge in [-0.1, -0.05) is 42.5 Å². The Balaban J connectivity index is 1.45. The van der Waals surface area contributed by atoms with Gasteiger partial charge in [0.25, 0.3) is 11.4 Å². The van der Waals surface area contributed by atoms with Gasteiger partial charge in [-0.25, -0.2) is 39.0 Å². The summed E-state index contributed by atoms with van der Waals surface area (Å²) >= 11 is 0. The van der Waals surface area contributed by atoms with E-state index in [-0.39, 0.29) is 62.0 Å². The Morgan fingerprint density at radius 3 is 1.47 bits per heavy atom. The zero-order valence-electron chi connectivity index (χ0n) is 25.0. The number of aromatic nitrogens is 2. The predicted molar refractivity (Wildman–Crippen MR) is 170 cm³/mol. The molecule has 0 N–H and O–H groups in total. The number of nitrogens with zero attached hydrogens (tertiary/aromatic N) is 6. The second-order valence-corrected chi connectivity index (χ2v) is 11.2. The summed E-state index contributed by atoms with van der Waals surface area (Å²) in [4.78, 5) is 16.5. The molecule has 0 spiro atoms. The summed E-state index contributed by atoms with van der Waals surface area (Å²) in [5.41, 5.74) is 2.48. The molecule has 0 saturated carbocycles. The molecule has 7 rings (SSSR count). The maximum atomic E-state index is 15.0. The number of rotatable bonds is 2. The van der Waals surface area contributed by atoms with E-state index in [9.17, 15) is 28.1 Å². The molecule has 2 aliphatic carbocycles. The summed E-state index contributed by atoms with van der Waals surface area (Å²) in [6.45, 7) is 17.2. The van der Waals surface area contributed by atoms with Crippen LogP contribution < -0.4 is 0 Å². The third kappa shape index (κ3) is 4.73. The van der Waals surface area contributed by atoms with Crippen molar-refractivity contribution < 1.29 is 22.0 Å². The highest BCUT2D eigenvalue weighted by atomic mass is 19.4. The van der Waals surface area contributed by atoms with E-state index in [0.29, 0.717) is 33.9 Å². The minimum Gasteiger partial charge on any atom is -0.245 e. The molecule has 49 heavy (non-hydrogen) atoms. The normalized spacial score (nSPS) is 14.3. The Morgan fingerprint density at radius 2 is 1.06 bits per heavy atom. The van der Waals surface area contributed by atoms with Crippen LogP contribution in [0.2, 0.25) is 0 Å². The van der Waals surface area contributed by atoms with Crippen LogP contribution in [0.3, 0.4) is 0 Å². The van der Waals surface area contributed by atoms with E-state index in [4.69, 9.17) is 23.1 Å². The Hall–Kier alpha value is -6.95. The maximum absolute atomic E-state index is 15.0. The van der Waals surface area contributed by atoms with Crippen LogP contribution >= 0.6 is 0 Å². The first kappa shape index (κ1) is 30.7. The van der Waals surface area contributed by atoms with E-state index >= 15 is 4.39 Å². The van der Waals surface area contributed by atoms with E-state index in [1.54, 1.807) is 37.3 Å². The van der Waals surface area contributed by atoms with Gasteiger partial charge in [0.05, 0.1) is 53.6 Å². The molecular formula is C38H15F5N6. The molecule has 1 aromatic heterocycles. The van der Waals surface area contributed by atoms with Gasteiger partial charge < -0.3 is 0 Å². The van der Waals surface area contributed by atoms with Crippen molar-refractivity contribution in [2.45, 2.75) is 13.1 Å². The third-order valence-corrected chi connectivity index (χ3v) is 8.41. The summed E-state index contributed by atoms with van der Waals surface area (Å²) in [6, 6.07) is 20.2. The van der Waals surface area contributed by atoms with E-state index < -0.39 is 23.4 Å². The minimum atomic E-state index is -4.74. The van der Waals surface area contributed by atoms with Crippen LogP contribution in [0.25, 0.3) is 65.6 Å². The molecule has 0 amide bonds. The number of alkyl halides is 3. The Kier molecular flexibility index (Phi) is 6.95. The van der Waals surface area contributed by atoms with Crippen molar-refractivity contribution in [3.05, 3.63) is 152 Å². The monoisotopic (exact) mass is 650 g/mol. The van der Waals surface area contributed by atoms with Gasteiger partial charge in [-0.2, -0.15) is 13.2 Å². The number of allylic oxidation sites excluding steroid dienone is 2. The van der Waals surface area contributed by atoms with Gasteiger partial charge in [-0.15, -0.1) is 0 Å². The zero-order chi connectivity index (χ0) is 34.8. The van der Waals surface area contributed by atoms with Gasteiger partial charge >= 0.3 is 6.18 Å². The number of benzene rings is 4. The van der Waals surface area contributed by atoms with Crippen molar-refractivity contribution in [3.63, 3.8) is 0 Å². The van der Waals surface area contributed by atoms with Gasteiger partial charge in [0.2, 0.25) is 0 Å². The average Bonchev–Trinajstić information content (AvgIpc) is 3.56. The molecule has 0 aliphatic heterocycles. The first-order valence-electron chi connectivity index (χ1n) is 14.4. The molecule has 2 aliphatic rings. The Morgan fingerprint density at radius 1 is 0.612 bits per heavy atom. The standard InChI is InChI=1S/C38H15F5N6/c1-18-4-8-22(28(39)12-18)19-5-9-24-26(13-19)32(30(16-44)46-2)36-34(24)48-37-33(31(17-45)47-3)27-14-20(6-10-25(27)35(37)49-36)23-11-7-21(15-29(23)40)38(41,42)43/h4-15H,1H3/b32-30+,33-31-. The molecule has 0 saturated heterocycles. The second-order valence-electron chi connectivity index (χ2n) is 11.2. The molecule has 0 fully saturated rings. The number of fused-ring (bicyclic) bond motifs is 6. The summed E-state index contributed by atoms with van der Waals surface area (Å²) in [7, 11) is 0. The first-order valence-corrected chi connectivity index (χ1v) is 14.4. The predicted octanol–water partition coefficient (Wildman–Crippen LogP) is 9.78. The zero-order valence-corrected chi connectivity index (χ0v) is 25.0. The fourth-order valence-electron chi connectivity index (χ4n) is 6.20. The van der Waals surface area contributed by atoms with Crippen molar-refractivity contribution in [2.75, 3.05) is 0 Å². The minimum absolute atomic E-state index is 0.0926.